The van der Waals surface area contributed by atoms with Crippen LogP contribution in [0.3, 0.4) is 0 Å². The topological polar surface area (TPSA) is 49.7 Å². The molecule has 2 N–H and O–H groups in total. The molecule has 0 bridgehead atoms. The Morgan fingerprint density at radius 1 is 1.64 bits per heavy atom. The number of rotatable bonds is 1. The summed E-state index contributed by atoms with van der Waals surface area (Å²) in [5, 5.41) is 17.7. The Morgan fingerprint density at radius 2 is 2.27 bits per heavy atom. The van der Waals surface area contributed by atoms with Crippen LogP contribution in [0.2, 0.25) is 0 Å². The molecule has 4 unspecified atom stereocenters. The number of ether oxygens (including phenoxy) is 1. The van der Waals surface area contributed by atoms with Crippen molar-refractivity contribution in [1.82, 2.24) is 0 Å². The average Bonchev–Trinajstić information content (AvgIpc) is 1.96. The van der Waals surface area contributed by atoms with Gasteiger partial charge in [-0.15, -0.1) is 0 Å². The molecule has 0 amide bonds. The fourth-order valence-corrected chi connectivity index (χ4v) is 1.29. The lowest BCUT2D eigenvalue weighted by Gasteiger charge is -2.33. The van der Waals surface area contributed by atoms with E-state index >= 15 is 0 Å². The van der Waals surface area contributed by atoms with Crippen LogP contribution in [0.15, 0.2) is 0 Å². The Morgan fingerprint density at radius 3 is 2.82 bits per heavy atom. The number of aliphatic hydroxyl groups is 2. The number of aliphatic hydroxyl groups excluding tert-OH is 2. The van der Waals surface area contributed by atoms with E-state index in [4.69, 9.17) is 14.9 Å². The van der Waals surface area contributed by atoms with Gasteiger partial charge in [-0.1, -0.05) is 0 Å². The van der Waals surface area contributed by atoms with Gasteiger partial charge in [-0.25, -0.2) is 4.39 Å². The smallest absolute Gasteiger partial charge is 0.154 e. The second kappa shape index (κ2) is 3.47. The van der Waals surface area contributed by atoms with E-state index < -0.39 is 18.4 Å². The molecule has 4 heteroatoms. The predicted molar refractivity (Wildman–Crippen MR) is 36.9 cm³/mol. The van der Waals surface area contributed by atoms with E-state index in [-0.39, 0.29) is 12.7 Å². The molecular formula is C7H13FO3. The minimum atomic E-state index is -1.45. The molecule has 3 nitrogen and oxygen atoms in total. The highest BCUT2D eigenvalue weighted by Gasteiger charge is 2.35. The first-order chi connectivity index (χ1) is 5.15. The third-order valence-electron chi connectivity index (χ3n) is 1.88. The summed E-state index contributed by atoms with van der Waals surface area (Å²) < 4.78 is 17.9. The highest BCUT2D eigenvalue weighted by Crippen LogP contribution is 2.21. The molecule has 1 fully saturated rings. The quantitative estimate of drug-likeness (QED) is 0.567. The molecule has 66 valence electrons. The van der Waals surface area contributed by atoms with Gasteiger partial charge in [-0.05, 0) is 6.92 Å². The van der Waals surface area contributed by atoms with E-state index in [2.05, 4.69) is 0 Å². The SMILES string of the molecule is CC1CC(O)C(F)C(CO)O1. The molecule has 0 saturated carbocycles. The average molecular weight is 164 g/mol. The number of halogens is 1. The van der Waals surface area contributed by atoms with Crippen LogP contribution in [0.1, 0.15) is 13.3 Å². The zero-order valence-corrected chi connectivity index (χ0v) is 6.40. The summed E-state index contributed by atoms with van der Waals surface area (Å²) in [7, 11) is 0. The van der Waals surface area contributed by atoms with E-state index in [1.807, 2.05) is 0 Å². The standard InChI is InChI=1S/C7H13FO3/c1-4-2-5(10)7(8)6(3-9)11-4/h4-7,9-10H,2-3H2,1H3. The van der Waals surface area contributed by atoms with E-state index in [0.29, 0.717) is 6.42 Å². The molecule has 0 spiro atoms. The fourth-order valence-electron chi connectivity index (χ4n) is 1.29. The summed E-state index contributed by atoms with van der Waals surface area (Å²) in [5.41, 5.74) is 0. The van der Waals surface area contributed by atoms with Gasteiger partial charge < -0.3 is 14.9 Å². The first-order valence-corrected chi connectivity index (χ1v) is 3.73. The normalized spacial score (nSPS) is 45.8. The van der Waals surface area contributed by atoms with Gasteiger partial charge in [0.2, 0.25) is 0 Å². The maximum atomic E-state index is 12.9. The van der Waals surface area contributed by atoms with Gasteiger partial charge in [-0.3, -0.25) is 0 Å². The van der Waals surface area contributed by atoms with Crippen LogP contribution in [-0.4, -0.2) is 41.3 Å². The molecule has 4 atom stereocenters. The Balaban J connectivity index is 2.51. The lowest BCUT2D eigenvalue weighted by Crippen LogP contribution is -2.46. The Labute approximate surface area is 64.8 Å². The van der Waals surface area contributed by atoms with Crippen molar-refractivity contribution in [3.63, 3.8) is 0 Å². The second-order valence-corrected chi connectivity index (χ2v) is 2.92. The van der Waals surface area contributed by atoms with E-state index in [1.165, 1.54) is 0 Å². The van der Waals surface area contributed by atoms with Crippen molar-refractivity contribution in [2.45, 2.75) is 37.8 Å². The van der Waals surface area contributed by atoms with Crippen molar-refractivity contribution in [3.8, 4) is 0 Å². The van der Waals surface area contributed by atoms with Crippen molar-refractivity contribution >= 4 is 0 Å². The predicted octanol–water partition coefficient (Wildman–Crippen LogP) is -0.145. The molecule has 11 heavy (non-hydrogen) atoms. The van der Waals surface area contributed by atoms with Gasteiger partial charge in [0.1, 0.15) is 6.10 Å². The molecule has 0 radical (unpaired) electrons. The Hall–Kier alpha value is -0.190. The molecule has 0 aromatic rings. The van der Waals surface area contributed by atoms with Gasteiger partial charge in [0.25, 0.3) is 0 Å². The highest BCUT2D eigenvalue weighted by molar-refractivity contribution is 4.83. The summed E-state index contributed by atoms with van der Waals surface area (Å²) in [4.78, 5) is 0. The number of hydrogen-bond acceptors (Lipinski definition) is 3. The number of alkyl halides is 1. The van der Waals surface area contributed by atoms with Crippen LogP contribution < -0.4 is 0 Å². The molecule has 0 aromatic carbocycles. The van der Waals surface area contributed by atoms with Crippen LogP contribution in [0.5, 0.6) is 0 Å². The molecule has 1 saturated heterocycles. The van der Waals surface area contributed by atoms with E-state index in [1.54, 1.807) is 6.92 Å². The minimum Gasteiger partial charge on any atom is -0.394 e. The van der Waals surface area contributed by atoms with Gasteiger partial charge in [-0.2, -0.15) is 0 Å². The number of hydrogen-bond donors (Lipinski definition) is 2. The van der Waals surface area contributed by atoms with Crippen molar-refractivity contribution < 1.29 is 19.3 Å². The van der Waals surface area contributed by atoms with Crippen LogP contribution in [0.25, 0.3) is 0 Å². The van der Waals surface area contributed by atoms with Gasteiger partial charge in [0.15, 0.2) is 6.17 Å². The summed E-state index contributed by atoms with van der Waals surface area (Å²) in [5.74, 6) is 0. The third kappa shape index (κ3) is 1.89. The minimum absolute atomic E-state index is 0.172. The fraction of sp³-hybridized carbons (Fsp3) is 1.00. The van der Waals surface area contributed by atoms with Crippen LogP contribution in [0, 0.1) is 0 Å². The lowest BCUT2D eigenvalue weighted by atomic mass is 10.0. The van der Waals surface area contributed by atoms with Crippen LogP contribution in [0.4, 0.5) is 4.39 Å². The van der Waals surface area contributed by atoms with E-state index in [0.717, 1.165) is 0 Å². The van der Waals surface area contributed by atoms with Crippen molar-refractivity contribution in [2.75, 3.05) is 6.61 Å². The maximum Gasteiger partial charge on any atom is 0.154 e. The van der Waals surface area contributed by atoms with Crippen LogP contribution >= 0.6 is 0 Å². The maximum absolute atomic E-state index is 12.9. The first-order valence-electron chi connectivity index (χ1n) is 3.73. The molecule has 0 aliphatic carbocycles. The summed E-state index contributed by atoms with van der Waals surface area (Å²) in [6.45, 7) is 1.38. The van der Waals surface area contributed by atoms with Gasteiger partial charge in [0, 0.05) is 6.42 Å². The summed E-state index contributed by atoms with van der Waals surface area (Å²) in [6.07, 6.45) is -3.16. The van der Waals surface area contributed by atoms with E-state index in [9.17, 15) is 4.39 Å². The molecule has 1 aliphatic heterocycles. The zero-order chi connectivity index (χ0) is 8.43. The van der Waals surface area contributed by atoms with Gasteiger partial charge >= 0.3 is 0 Å². The Bertz CT molecular complexity index is 131. The van der Waals surface area contributed by atoms with Crippen molar-refractivity contribution in [2.24, 2.45) is 0 Å². The largest absolute Gasteiger partial charge is 0.394 e. The molecule has 0 aromatic heterocycles. The van der Waals surface area contributed by atoms with Crippen LogP contribution in [-0.2, 0) is 4.74 Å². The molecule has 1 heterocycles. The third-order valence-corrected chi connectivity index (χ3v) is 1.88. The summed E-state index contributed by atoms with van der Waals surface area (Å²) in [6, 6.07) is 0. The molecular weight excluding hydrogens is 151 g/mol. The second-order valence-electron chi connectivity index (χ2n) is 2.92. The monoisotopic (exact) mass is 164 g/mol. The van der Waals surface area contributed by atoms with Crippen molar-refractivity contribution in [3.05, 3.63) is 0 Å². The molecule has 1 aliphatic rings. The highest BCUT2D eigenvalue weighted by atomic mass is 19.1. The molecule has 1 rings (SSSR count). The van der Waals surface area contributed by atoms with Gasteiger partial charge in [0.05, 0.1) is 18.8 Å². The lowest BCUT2D eigenvalue weighted by molar-refractivity contribution is -0.150. The van der Waals surface area contributed by atoms with Crippen molar-refractivity contribution in [1.29, 1.82) is 0 Å². The Kier molecular flexibility index (Phi) is 2.81. The zero-order valence-electron chi connectivity index (χ0n) is 6.40. The first kappa shape index (κ1) is 8.90. The summed E-state index contributed by atoms with van der Waals surface area (Å²) >= 11 is 0.